The second-order valence-corrected chi connectivity index (χ2v) is 15.9. The summed E-state index contributed by atoms with van der Waals surface area (Å²) in [7, 11) is -7.85. The van der Waals surface area contributed by atoms with E-state index in [9.17, 15) is 9.59 Å². The standard InChI is InChI=1S/C32H38O3Si2/c1-21-13-9-17-29(25(21)5)36(33,30-18-10-14-22(2)26(30)6)35-37(34,31-19-11-15-23(3)27(31)7)32-20-12-16-24(4)28(32)8/h9-20,33-34H,1-8H3. The summed E-state index contributed by atoms with van der Waals surface area (Å²) in [6, 6.07) is 24.0. The van der Waals surface area contributed by atoms with Crippen molar-refractivity contribution in [3.8, 4) is 0 Å². The van der Waals surface area contributed by atoms with Gasteiger partial charge in [0.25, 0.3) is 0 Å². The van der Waals surface area contributed by atoms with Crippen LogP contribution in [0.1, 0.15) is 44.5 Å². The quantitative estimate of drug-likeness (QED) is 0.374. The molecule has 0 heterocycles. The van der Waals surface area contributed by atoms with Crippen molar-refractivity contribution in [2.75, 3.05) is 0 Å². The van der Waals surface area contributed by atoms with Crippen LogP contribution in [-0.4, -0.2) is 26.7 Å². The first-order chi connectivity index (χ1) is 17.4. The number of hydrogen-bond acceptors (Lipinski definition) is 3. The normalized spacial score (nSPS) is 12.2. The smallest absolute Gasteiger partial charge is 0.396 e. The Bertz CT molecular complexity index is 1260. The molecule has 0 fully saturated rings. The summed E-state index contributed by atoms with van der Waals surface area (Å²) in [6.45, 7) is 16.3. The first-order valence-corrected chi connectivity index (χ1v) is 16.5. The maximum absolute atomic E-state index is 12.9. The molecule has 0 spiro atoms. The van der Waals surface area contributed by atoms with E-state index in [1.54, 1.807) is 0 Å². The van der Waals surface area contributed by atoms with Gasteiger partial charge in [-0.2, -0.15) is 0 Å². The minimum atomic E-state index is -3.92. The Hall–Kier alpha value is -2.81. The average Bonchev–Trinajstić information content (AvgIpc) is 2.85. The van der Waals surface area contributed by atoms with Crippen LogP contribution >= 0.6 is 0 Å². The predicted octanol–water partition coefficient (Wildman–Crippen LogP) is 3.97. The zero-order valence-corrected chi connectivity index (χ0v) is 25.2. The summed E-state index contributed by atoms with van der Waals surface area (Å²) < 4.78 is 7.10. The predicted molar refractivity (Wildman–Crippen MR) is 159 cm³/mol. The Morgan fingerprint density at radius 2 is 0.622 bits per heavy atom. The van der Waals surface area contributed by atoms with E-state index < -0.39 is 17.1 Å². The lowest BCUT2D eigenvalue weighted by Crippen LogP contribution is -2.75. The molecule has 0 aromatic heterocycles. The lowest BCUT2D eigenvalue weighted by Gasteiger charge is -2.38. The third-order valence-corrected chi connectivity index (χ3v) is 15.6. The van der Waals surface area contributed by atoms with Gasteiger partial charge in [-0.05, 0) is 99.9 Å². The molecule has 0 unspecified atom stereocenters. The summed E-state index contributed by atoms with van der Waals surface area (Å²) >= 11 is 0. The number of benzene rings is 4. The van der Waals surface area contributed by atoms with E-state index in [1.165, 1.54) is 0 Å². The van der Waals surface area contributed by atoms with Crippen LogP contribution in [0.4, 0.5) is 0 Å². The van der Waals surface area contributed by atoms with Crippen LogP contribution in [-0.2, 0) is 4.12 Å². The molecular weight excluding hydrogens is 489 g/mol. The van der Waals surface area contributed by atoms with Crippen LogP contribution in [0.3, 0.4) is 0 Å². The molecule has 3 nitrogen and oxygen atoms in total. The highest BCUT2D eigenvalue weighted by atomic mass is 28.5. The molecule has 4 rings (SSSR count). The van der Waals surface area contributed by atoms with Crippen LogP contribution in [0.5, 0.6) is 0 Å². The molecule has 0 bridgehead atoms. The minimum absolute atomic E-state index is 0.780. The average molecular weight is 527 g/mol. The summed E-state index contributed by atoms with van der Waals surface area (Å²) in [6.07, 6.45) is 0. The highest BCUT2D eigenvalue weighted by Crippen LogP contribution is 2.21. The number of hydrogen-bond donors (Lipinski definition) is 2. The van der Waals surface area contributed by atoms with Crippen LogP contribution in [0.15, 0.2) is 72.8 Å². The van der Waals surface area contributed by atoms with Crippen molar-refractivity contribution in [1.29, 1.82) is 0 Å². The maximum atomic E-state index is 12.9. The van der Waals surface area contributed by atoms with Crippen molar-refractivity contribution in [1.82, 2.24) is 0 Å². The highest BCUT2D eigenvalue weighted by Gasteiger charge is 2.53. The molecule has 0 aliphatic carbocycles. The van der Waals surface area contributed by atoms with Gasteiger partial charge in [0.2, 0.25) is 0 Å². The molecule has 0 aliphatic heterocycles. The van der Waals surface area contributed by atoms with Gasteiger partial charge in [-0.3, -0.25) is 0 Å². The summed E-state index contributed by atoms with van der Waals surface area (Å²) in [5, 5.41) is 3.12. The third-order valence-electron chi connectivity index (χ3n) is 8.17. The molecular formula is C32H38O3Si2. The maximum Gasteiger partial charge on any atom is 0.396 e. The summed E-state index contributed by atoms with van der Waals surface area (Å²) in [4.78, 5) is 25.9. The Morgan fingerprint density at radius 3 is 0.838 bits per heavy atom. The molecule has 0 radical (unpaired) electrons. The van der Waals surface area contributed by atoms with E-state index in [2.05, 4.69) is 52.0 Å². The van der Waals surface area contributed by atoms with Crippen molar-refractivity contribution in [2.45, 2.75) is 55.4 Å². The van der Waals surface area contributed by atoms with Gasteiger partial charge in [0, 0.05) is 20.7 Å². The summed E-state index contributed by atoms with van der Waals surface area (Å²) in [5.41, 5.74) is 8.32. The third kappa shape index (κ3) is 4.67. The Kier molecular flexibility index (Phi) is 7.48. The first kappa shape index (κ1) is 27.2. The molecule has 0 atom stereocenters. The van der Waals surface area contributed by atoms with Gasteiger partial charge in [0.15, 0.2) is 0 Å². The zero-order chi connectivity index (χ0) is 27.1. The number of aryl methyl sites for hydroxylation is 4. The van der Waals surface area contributed by atoms with Gasteiger partial charge in [0.1, 0.15) is 0 Å². The number of rotatable bonds is 6. The second-order valence-electron chi connectivity index (χ2n) is 10.4. The lowest BCUT2D eigenvalue weighted by atomic mass is 10.1. The fourth-order valence-electron chi connectivity index (χ4n) is 5.20. The molecule has 0 amide bonds. The van der Waals surface area contributed by atoms with E-state index in [-0.39, 0.29) is 0 Å². The van der Waals surface area contributed by atoms with Gasteiger partial charge in [-0.25, -0.2) is 0 Å². The van der Waals surface area contributed by atoms with Gasteiger partial charge >= 0.3 is 17.1 Å². The largest absolute Gasteiger partial charge is 0.404 e. The van der Waals surface area contributed by atoms with Crippen molar-refractivity contribution in [3.63, 3.8) is 0 Å². The monoisotopic (exact) mass is 526 g/mol. The van der Waals surface area contributed by atoms with Gasteiger partial charge in [-0.1, -0.05) is 72.8 Å². The Balaban J connectivity index is 2.11. The summed E-state index contributed by atoms with van der Waals surface area (Å²) in [5.74, 6) is 0. The van der Waals surface area contributed by atoms with Gasteiger partial charge in [0.05, 0.1) is 0 Å². The molecule has 37 heavy (non-hydrogen) atoms. The Labute approximate surface area is 223 Å². The molecule has 0 aliphatic rings. The highest BCUT2D eigenvalue weighted by molar-refractivity contribution is 7.03. The van der Waals surface area contributed by atoms with Crippen LogP contribution < -0.4 is 20.7 Å². The molecule has 192 valence electrons. The molecule has 0 saturated carbocycles. The van der Waals surface area contributed by atoms with Crippen LogP contribution in [0.2, 0.25) is 0 Å². The SMILES string of the molecule is Cc1cccc([Si](O)(O[Si](O)(c2cccc(C)c2C)c2cccc(C)c2C)c2cccc(C)c2C)c1C. The van der Waals surface area contributed by atoms with E-state index in [1.807, 2.05) is 76.2 Å². The molecule has 0 saturated heterocycles. The molecule has 4 aromatic carbocycles. The van der Waals surface area contributed by atoms with Crippen molar-refractivity contribution in [2.24, 2.45) is 0 Å². The minimum Gasteiger partial charge on any atom is -0.404 e. The van der Waals surface area contributed by atoms with Crippen LogP contribution in [0.25, 0.3) is 0 Å². The topological polar surface area (TPSA) is 49.7 Å². The zero-order valence-electron chi connectivity index (χ0n) is 23.2. The van der Waals surface area contributed by atoms with Crippen molar-refractivity contribution < 1.29 is 13.7 Å². The van der Waals surface area contributed by atoms with E-state index in [0.717, 1.165) is 65.3 Å². The van der Waals surface area contributed by atoms with E-state index >= 15 is 0 Å². The van der Waals surface area contributed by atoms with Crippen LogP contribution in [0, 0.1) is 55.4 Å². The lowest BCUT2D eigenvalue weighted by molar-refractivity contribution is 0.346. The van der Waals surface area contributed by atoms with Crippen molar-refractivity contribution in [3.05, 3.63) is 117 Å². The molecule has 4 aromatic rings. The van der Waals surface area contributed by atoms with Gasteiger partial charge < -0.3 is 13.7 Å². The van der Waals surface area contributed by atoms with E-state index in [4.69, 9.17) is 4.12 Å². The molecule has 5 heteroatoms. The second kappa shape index (κ2) is 10.2. The first-order valence-electron chi connectivity index (χ1n) is 12.8. The van der Waals surface area contributed by atoms with E-state index in [0.29, 0.717) is 0 Å². The molecule has 2 N–H and O–H groups in total. The van der Waals surface area contributed by atoms with Gasteiger partial charge in [-0.15, -0.1) is 0 Å². The fourth-order valence-corrected chi connectivity index (χ4v) is 13.4. The van der Waals surface area contributed by atoms with Crippen molar-refractivity contribution >= 4 is 37.9 Å². The fraction of sp³-hybridized carbons (Fsp3) is 0.250. The Morgan fingerprint density at radius 1 is 0.405 bits per heavy atom.